The minimum atomic E-state index is -0.408. The summed E-state index contributed by atoms with van der Waals surface area (Å²) in [5.74, 6) is 0.581. The molecule has 0 heterocycles. The highest BCUT2D eigenvalue weighted by Gasteiger charge is 2.03. The molecule has 0 aromatic heterocycles. The van der Waals surface area contributed by atoms with E-state index in [2.05, 4.69) is 26.0 Å². The Balaban J connectivity index is 2.00. The summed E-state index contributed by atoms with van der Waals surface area (Å²) in [5, 5.41) is 0.653. The van der Waals surface area contributed by atoms with Gasteiger partial charge in [-0.3, -0.25) is 0 Å². The van der Waals surface area contributed by atoms with Crippen molar-refractivity contribution in [1.82, 2.24) is 0 Å². The molecular weight excluding hydrogens is 296 g/mol. The van der Waals surface area contributed by atoms with Crippen molar-refractivity contribution < 1.29 is 9.53 Å². The SMILES string of the molecule is Cc1cc(OC(=O)/C=C/c2ccc(C(C)C)cc2)ccc1Cl. The first-order chi connectivity index (χ1) is 10.5. The van der Waals surface area contributed by atoms with E-state index in [9.17, 15) is 4.79 Å². The van der Waals surface area contributed by atoms with Crippen LogP contribution in [0.25, 0.3) is 6.08 Å². The monoisotopic (exact) mass is 314 g/mol. The molecule has 0 fully saturated rings. The number of esters is 1. The first-order valence-corrected chi connectivity index (χ1v) is 7.59. The molecule has 2 aromatic rings. The first-order valence-electron chi connectivity index (χ1n) is 7.21. The summed E-state index contributed by atoms with van der Waals surface area (Å²) in [6, 6.07) is 13.3. The average molecular weight is 315 g/mol. The normalized spacial score (nSPS) is 11.1. The maximum absolute atomic E-state index is 11.8. The third kappa shape index (κ3) is 4.47. The van der Waals surface area contributed by atoms with Crippen LogP contribution < -0.4 is 4.74 Å². The minimum Gasteiger partial charge on any atom is -0.423 e. The molecule has 0 N–H and O–H groups in total. The van der Waals surface area contributed by atoms with E-state index in [1.54, 1.807) is 24.3 Å². The topological polar surface area (TPSA) is 26.3 Å². The van der Waals surface area contributed by atoms with Gasteiger partial charge in [-0.2, -0.15) is 0 Å². The molecule has 114 valence electrons. The number of ether oxygens (including phenoxy) is 1. The van der Waals surface area contributed by atoms with Crippen LogP contribution >= 0.6 is 11.6 Å². The van der Waals surface area contributed by atoms with Gasteiger partial charge in [-0.25, -0.2) is 4.79 Å². The maximum Gasteiger partial charge on any atom is 0.336 e. The van der Waals surface area contributed by atoms with E-state index in [4.69, 9.17) is 16.3 Å². The zero-order chi connectivity index (χ0) is 16.1. The largest absolute Gasteiger partial charge is 0.423 e. The predicted octanol–water partition coefficient (Wildman–Crippen LogP) is 5.39. The number of carbonyl (C=O) groups is 1. The van der Waals surface area contributed by atoms with E-state index in [-0.39, 0.29) is 0 Å². The molecule has 0 spiro atoms. The van der Waals surface area contributed by atoms with Gasteiger partial charge in [0.25, 0.3) is 0 Å². The molecule has 0 aliphatic heterocycles. The first kappa shape index (κ1) is 16.3. The molecule has 0 aliphatic carbocycles. The Hall–Kier alpha value is -2.06. The Morgan fingerprint density at radius 2 is 1.82 bits per heavy atom. The van der Waals surface area contributed by atoms with Gasteiger partial charge in [-0.15, -0.1) is 0 Å². The summed E-state index contributed by atoms with van der Waals surface area (Å²) in [5.41, 5.74) is 3.12. The molecular formula is C19H19ClO2. The van der Waals surface area contributed by atoms with E-state index in [1.807, 2.05) is 19.1 Å². The standard InChI is InChI=1S/C19H19ClO2/c1-13(2)16-7-4-15(5-8-16)6-11-19(21)22-17-9-10-18(20)14(3)12-17/h4-13H,1-3H3/b11-6+. The van der Waals surface area contributed by atoms with Gasteiger partial charge in [0.2, 0.25) is 0 Å². The van der Waals surface area contributed by atoms with Crippen molar-refractivity contribution in [3.05, 3.63) is 70.3 Å². The van der Waals surface area contributed by atoms with E-state index in [1.165, 1.54) is 11.6 Å². The Labute approximate surface area is 136 Å². The Bertz CT molecular complexity index is 685. The molecule has 0 unspecified atom stereocenters. The van der Waals surface area contributed by atoms with Gasteiger partial charge < -0.3 is 4.74 Å². The molecule has 0 bridgehead atoms. The van der Waals surface area contributed by atoms with Crippen LogP contribution in [0.4, 0.5) is 0 Å². The van der Waals surface area contributed by atoms with Crippen LogP contribution in [-0.4, -0.2) is 5.97 Å². The van der Waals surface area contributed by atoms with Crippen LogP contribution in [0.3, 0.4) is 0 Å². The molecule has 2 rings (SSSR count). The molecule has 2 aromatic carbocycles. The molecule has 22 heavy (non-hydrogen) atoms. The van der Waals surface area contributed by atoms with Crippen molar-refractivity contribution in [2.75, 3.05) is 0 Å². The highest BCUT2D eigenvalue weighted by atomic mass is 35.5. The quantitative estimate of drug-likeness (QED) is 0.429. The third-order valence-electron chi connectivity index (χ3n) is 3.36. The summed E-state index contributed by atoms with van der Waals surface area (Å²) >= 11 is 5.94. The highest BCUT2D eigenvalue weighted by Crippen LogP contribution is 2.21. The van der Waals surface area contributed by atoms with E-state index in [0.29, 0.717) is 16.7 Å². The second-order valence-corrected chi connectivity index (χ2v) is 5.89. The molecule has 2 nitrogen and oxygen atoms in total. The van der Waals surface area contributed by atoms with Crippen LogP contribution in [0, 0.1) is 6.92 Å². The lowest BCUT2D eigenvalue weighted by Gasteiger charge is -2.05. The third-order valence-corrected chi connectivity index (χ3v) is 3.79. The van der Waals surface area contributed by atoms with Crippen LogP contribution in [0.5, 0.6) is 5.75 Å². The Kier molecular flexibility index (Phi) is 5.40. The number of carbonyl (C=O) groups excluding carboxylic acids is 1. The van der Waals surface area contributed by atoms with Gasteiger partial charge in [0.05, 0.1) is 0 Å². The van der Waals surface area contributed by atoms with Crippen LogP contribution in [0.1, 0.15) is 36.5 Å². The van der Waals surface area contributed by atoms with Crippen molar-refractivity contribution >= 4 is 23.6 Å². The molecule has 0 atom stereocenters. The number of aryl methyl sites for hydroxylation is 1. The Morgan fingerprint density at radius 3 is 2.41 bits per heavy atom. The molecule has 0 radical (unpaired) electrons. The van der Waals surface area contributed by atoms with E-state index < -0.39 is 5.97 Å². The number of benzene rings is 2. The van der Waals surface area contributed by atoms with Gasteiger partial charge in [0.1, 0.15) is 5.75 Å². The summed E-state index contributed by atoms with van der Waals surface area (Å²) in [7, 11) is 0. The van der Waals surface area contributed by atoms with Crippen molar-refractivity contribution in [3.8, 4) is 5.75 Å². The zero-order valence-electron chi connectivity index (χ0n) is 13.0. The van der Waals surface area contributed by atoms with Crippen LogP contribution in [-0.2, 0) is 4.79 Å². The average Bonchev–Trinajstić information content (AvgIpc) is 2.49. The van der Waals surface area contributed by atoms with Crippen molar-refractivity contribution in [2.45, 2.75) is 26.7 Å². The predicted molar refractivity (Wildman–Crippen MR) is 91.4 cm³/mol. The molecule has 0 aliphatic rings. The van der Waals surface area contributed by atoms with E-state index in [0.717, 1.165) is 11.1 Å². The lowest BCUT2D eigenvalue weighted by atomic mass is 10.0. The second kappa shape index (κ2) is 7.28. The summed E-state index contributed by atoms with van der Waals surface area (Å²) in [6.45, 7) is 6.17. The van der Waals surface area contributed by atoms with Gasteiger partial charge >= 0.3 is 5.97 Å². The fourth-order valence-electron chi connectivity index (χ4n) is 1.99. The molecule has 0 saturated heterocycles. The van der Waals surface area contributed by atoms with Crippen LogP contribution in [0.2, 0.25) is 5.02 Å². The molecule has 3 heteroatoms. The number of halogens is 1. The van der Waals surface area contributed by atoms with Crippen molar-refractivity contribution in [2.24, 2.45) is 0 Å². The molecule has 0 saturated carbocycles. The maximum atomic E-state index is 11.8. The number of hydrogen-bond acceptors (Lipinski definition) is 2. The highest BCUT2D eigenvalue weighted by molar-refractivity contribution is 6.31. The minimum absolute atomic E-state index is 0.408. The van der Waals surface area contributed by atoms with Crippen molar-refractivity contribution in [1.29, 1.82) is 0 Å². The fourth-order valence-corrected chi connectivity index (χ4v) is 2.10. The number of hydrogen-bond donors (Lipinski definition) is 0. The summed E-state index contributed by atoms with van der Waals surface area (Å²) in [6.07, 6.45) is 3.17. The van der Waals surface area contributed by atoms with Crippen LogP contribution in [0.15, 0.2) is 48.5 Å². The van der Waals surface area contributed by atoms with Gasteiger partial charge in [0.15, 0.2) is 0 Å². The fraction of sp³-hybridized carbons (Fsp3) is 0.211. The smallest absolute Gasteiger partial charge is 0.336 e. The molecule has 0 amide bonds. The second-order valence-electron chi connectivity index (χ2n) is 5.49. The lowest BCUT2D eigenvalue weighted by molar-refractivity contribution is -0.128. The summed E-state index contributed by atoms with van der Waals surface area (Å²) < 4.78 is 5.25. The van der Waals surface area contributed by atoms with Crippen molar-refractivity contribution in [3.63, 3.8) is 0 Å². The number of rotatable bonds is 4. The van der Waals surface area contributed by atoms with Gasteiger partial charge in [-0.05, 0) is 53.8 Å². The zero-order valence-corrected chi connectivity index (χ0v) is 13.7. The van der Waals surface area contributed by atoms with Gasteiger partial charge in [-0.1, -0.05) is 49.7 Å². The van der Waals surface area contributed by atoms with E-state index >= 15 is 0 Å². The van der Waals surface area contributed by atoms with Gasteiger partial charge in [0, 0.05) is 11.1 Å². The summed E-state index contributed by atoms with van der Waals surface area (Å²) in [4.78, 5) is 11.8. The Morgan fingerprint density at radius 1 is 1.14 bits per heavy atom. The lowest BCUT2D eigenvalue weighted by Crippen LogP contribution is -2.03.